The molecule has 0 spiro atoms. The Hall–Kier alpha value is -2.50. The summed E-state index contributed by atoms with van der Waals surface area (Å²) < 4.78 is 40.1. The third-order valence-electron chi connectivity index (χ3n) is 3.00. The van der Waals surface area contributed by atoms with Crippen molar-refractivity contribution >= 4 is 5.91 Å². The second-order valence-electron chi connectivity index (χ2n) is 4.41. The molecule has 0 saturated carbocycles. The maximum atomic E-state index is 12.1. The zero-order chi connectivity index (χ0) is 15.6. The number of alkyl halides is 3. The molecule has 0 bridgehead atoms. The van der Waals surface area contributed by atoms with Crippen LogP contribution in [-0.4, -0.2) is 12.3 Å². The highest BCUT2D eigenvalue weighted by Crippen LogP contribution is 2.29. The van der Waals surface area contributed by atoms with Crippen LogP contribution < -0.4 is 10.5 Å². The molecule has 0 atom stereocenters. The molecule has 0 aromatic heterocycles. The van der Waals surface area contributed by atoms with Crippen LogP contribution in [0, 0.1) is 6.92 Å². The summed E-state index contributed by atoms with van der Waals surface area (Å²) in [5, 5.41) is 0. The molecule has 110 valence electrons. The van der Waals surface area contributed by atoms with Gasteiger partial charge in [0.25, 0.3) is 0 Å². The maximum Gasteiger partial charge on any atom is 0.573 e. The largest absolute Gasteiger partial charge is 0.573 e. The van der Waals surface area contributed by atoms with Crippen LogP contribution in [0.1, 0.15) is 15.9 Å². The number of hydrogen-bond acceptors (Lipinski definition) is 2. The smallest absolute Gasteiger partial charge is 0.406 e. The number of nitrogens with two attached hydrogens (primary N) is 1. The van der Waals surface area contributed by atoms with Gasteiger partial charge < -0.3 is 10.5 Å². The second-order valence-corrected chi connectivity index (χ2v) is 4.41. The molecule has 0 radical (unpaired) electrons. The van der Waals surface area contributed by atoms with E-state index >= 15 is 0 Å². The lowest BCUT2D eigenvalue weighted by atomic mass is 9.96. The van der Waals surface area contributed by atoms with E-state index in [9.17, 15) is 18.0 Å². The molecule has 0 saturated heterocycles. The van der Waals surface area contributed by atoms with Gasteiger partial charge in [0.2, 0.25) is 5.91 Å². The molecule has 0 aliphatic heterocycles. The zero-order valence-electron chi connectivity index (χ0n) is 11.1. The molecular weight excluding hydrogens is 283 g/mol. The Kier molecular flexibility index (Phi) is 3.88. The van der Waals surface area contributed by atoms with Crippen LogP contribution in [-0.2, 0) is 0 Å². The number of hydrogen-bond donors (Lipinski definition) is 1. The molecule has 2 aromatic carbocycles. The third kappa shape index (κ3) is 3.53. The maximum absolute atomic E-state index is 12.1. The van der Waals surface area contributed by atoms with Crippen molar-refractivity contribution in [2.75, 3.05) is 0 Å². The van der Waals surface area contributed by atoms with Gasteiger partial charge in [-0.3, -0.25) is 4.79 Å². The third-order valence-corrected chi connectivity index (χ3v) is 3.00. The van der Waals surface area contributed by atoms with E-state index in [0.29, 0.717) is 16.7 Å². The van der Waals surface area contributed by atoms with Gasteiger partial charge in [0.1, 0.15) is 5.75 Å². The fraction of sp³-hybridized carbons (Fsp3) is 0.133. The Morgan fingerprint density at radius 3 is 2.24 bits per heavy atom. The SMILES string of the molecule is Cc1c(C(N)=O)cccc1-c1ccc(OC(F)(F)F)cc1. The molecular formula is C15H12F3NO2. The van der Waals surface area contributed by atoms with Crippen LogP contribution in [0.4, 0.5) is 13.2 Å². The van der Waals surface area contributed by atoms with Crippen LogP contribution in [0.2, 0.25) is 0 Å². The van der Waals surface area contributed by atoms with Crippen molar-refractivity contribution < 1.29 is 22.7 Å². The summed E-state index contributed by atoms with van der Waals surface area (Å²) >= 11 is 0. The lowest BCUT2D eigenvalue weighted by Gasteiger charge is -2.11. The summed E-state index contributed by atoms with van der Waals surface area (Å²) in [6.45, 7) is 1.73. The molecule has 0 fully saturated rings. The predicted molar refractivity (Wildman–Crippen MR) is 71.8 cm³/mol. The Labute approximate surface area is 119 Å². The number of halogens is 3. The first kappa shape index (κ1) is 14.9. The average Bonchev–Trinajstić information content (AvgIpc) is 2.38. The molecule has 0 aliphatic carbocycles. The standard InChI is InChI=1S/C15H12F3NO2/c1-9-12(3-2-4-13(9)14(19)20)10-5-7-11(8-6-10)21-15(16,17)18/h2-8H,1H3,(H2,19,20). The number of primary amides is 1. The monoisotopic (exact) mass is 295 g/mol. The highest BCUT2D eigenvalue weighted by Gasteiger charge is 2.30. The van der Waals surface area contributed by atoms with Crippen LogP contribution in [0.25, 0.3) is 11.1 Å². The van der Waals surface area contributed by atoms with Crippen LogP contribution in [0.5, 0.6) is 5.75 Å². The average molecular weight is 295 g/mol. The summed E-state index contributed by atoms with van der Waals surface area (Å²) in [5.41, 5.74) is 7.72. The molecule has 6 heteroatoms. The molecule has 1 amide bonds. The van der Waals surface area contributed by atoms with Gasteiger partial charge in [-0.25, -0.2) is 0 Å². The summed E-state index contributed by atoms with van der Waals surface area (Å²) in [6, 6.07) is 10.5. The first-order valence-corrected chi connectivity index (χ1v) is 6.03. The van der Waals surface area contributed by atoms with Crippen LogP contribution in [0.15, 0.2) is 42.5 Å². The minimum Gasteiger partial charge on any atom is -0.406 e. The summed E-state index contributed by atoms with van der Waals surface area (Å²) in [7, 11) is 0. The van der Waals surface area contributed by atoms with E-state index in [4.69, 9.17) is 5.73 Å². The summed E-state index contributed by atoms with van der Waals surface area (Å²) in [5.74, 6) is -0.846. The second kappa shape index (κ2) is 5.47. The lowest BCUT2D eigenvalue weighted by molar-refractivity contribution is -0.274. The van der Waals surface area contributed by atoms with Gasteiger partial charge in [-0.05, 0) is 41.8 Å². The van der Waals surface area contributed by atoms with Crippen LogP contribution in [0.3, 0.4) is 0 Å². The van der Waals surface area contributed by atoms with Crippen molar-refractivity contribution in [3.05, 3.63) is 53.6 Å². The number of benzene rings is 2. The molecule has 0 heterocycles. The molecule has 3 nitrogen and oxygen atoms in total. The van der Waals surface area contributed by atoms with E-state index in [1.54, 1.807) is 25.1 Å². The molecule has 0 aliphatic rings. The van der Waals surface area contributed by atoms with E-state index in [2.05, 4.69) is 4.74 Å². The summed E-state index contributed by atoms with van der Waals surface area (Å²) in [6.07, 6.45) is -4.72. The van der Waals surface area contributed by atoms with Crippen molar-refractivity contribution in [2.24, 2.45) is 5.73 Å². The number of amides is 1. The van der Waals surface area contributed by atoms with Gasteiger partial charge in [-0.2, -0.15) is 0 Å². The van der Waals surface area contributed by atoms with E-state index in [1.807, 2.05) is 0 Å². The molecule has 2 aromatic rings. The fourth-order valence-corrected chi connectivity index (χ4v) is 2.05. The van der Waals surface area contributed by atoms with Gasteiger partial charge in [0.05, 0.1) is 0 Å². The predicted octanol–water partition coefficient (Wildman–Crippen LogP) is 3.66. The summed E-state index contributed by atoms with van der Waals surface area (Å²) in [4.78, 5) is 11.3. The highest BCUT2D eigenvalue weighted by molar-refractivity contribution is 5.96. The van der Waals surface area contributed by atoms with E-state index in [1.165, 1.54) is 24.3 Å². The molecule has 21 heavy (non-hydrogen) atoms. The molecule has 2 rings (SSSR count). The van der Waals surface area contributed by atoms with E-state index < -0.39 is 12.3 Å². The van der Waals surface area contributed by atoms with Crippen molar-refractivity contribution in [1.29, 1.82) is 0 Å². The number of carbonyl (C=O) groups excluding carboxylic acids is 1. The normalized spacial score (nSPS) is 11.2. The van der Waals surface area contributed by atoms with Gasteiger partial charge in [-0.15, -0.1) is 13.2 Å². The number of carbonyl (C=O) groups is 1. The molecule has 2 N–H and O–H groups in total. The Balaban J connectivity index is 2.35. The van der Waals surface area contributed by atoms with E-state index in [-0.39, 0.29) is 5.75 Å². The van der Waals surface area contributed by atoms with Gasteiger partial charge >= 0.3 is 6.36 Å². The first-order valence-electron chi connectivity index (χ1n) is 6.03. The van der Waals surface area contributed by atoms with Crippen molar-refractivity contribution in [3.63, 3.8) is 0 Å². The van der Waals surface area contributed by atoms with E-state index in [0.717, 1.165) is 5.56 Å². The highest BCUT2D eigenvalue weighted by atomic mass is 19.4. The first-order chi connectivity index (χ1) is 9.78. The minimum atomic E-state index is -4.72. The fourth-order valence-electron chi connectivity index (χ4n) is 2.05. The Morgan fingerprint density at radius 1 is 1.10 bits per heavy atom. The van der Waals surface area contributed by atoms with Crippen molar-refractivity contribution in [1.82, 2.24) is 0 Å². The minimum absolute atomic E-state index is 0.296. The molecule has 0 unspecified atom stereocenters. The van der Waals surface area contributed by atoms with Crippen molar-refractivity contribution in [2.45, 2.75) is 13.3 Å². The number of rotatable bonds is 3. The topological polar surface area (TPSA) is 52.3 Å². The Bertz CT molecular complexity index is 664. The lowest BCUT2D eigenvalue weighted by Crippen LogP contribution is -2.17. The van der Waals surface area contributed by atoms with Gasteiger partial charge in [0, 0.05) is 5.56 Å². The zero-order valence-corrected chi connectivity index (χ0v) is 11.1. The Morgan fingerprint density at radius 2 is 1.71 bits per heavy atom. The van der Waals surface area contributed by atoms with Gasteiger partial charge in [0.15, 0.2) is 0 Å². The van der Waals surface area contributed by atoms with Crippen LogP contribution >= 0.6 is 0 Å². The quantitative estimate of drug-likeness (QED) is 0.939. The van der Waals surface area contributed by atoms with Gasteiger partial charge in [-0.1, -0.05) is 24.3 Å². The van der Waals surface area contributed by atoms with Crippen molar-refractivity contribution in [3.8, 4) is 16.9 Å². The number of ether oxygens (including phenoxy) is 1.